The number of carbonyl (C=O) groups excluding carboxylic acids is 2. The standard InChI is InChI=1S/C20H22N6O2S2/c1-4-10-26-17(14(3)22-18(28)15-8-6-5-7-9-15)24-25-20(26)30-12-16(27)23-19-21-13(2)11-29-19/h4-9,11,14H,1,10,12H2,2-3H3,(H,22,28)(H,21,23,27)/t14-/m0/s1. The number of allylic oxidation sites excluding steroid dienone is 1. The number of hydrogen-bond donors (Lipinski definition) is 2. The van der Waals surface area contributed by atoms with Gasteiger partial charge in [-0.1, -0.05) is 36.0 Å². The van der Waals surface area contributed by atoms with Gasteiger partial charge in [-0.05, 0) is 26.0 Å². The molecule has 2 aromatic heterocycles. The van der Waals surface area contributed by atoms with Crippen LogP contribution in [0.1, 0.15) is 34.8 Å². The molecular formula is C20H22N6O2S2. The smallest absolute Gasteiger partial charge is 0.251 e. The number of thiazole rings is 1. The van der Waals surface area contributed by atoms with E-state index in [4.69, 9.17) is 0 Å². The number of anilines is 1. The minimum atomic E-state index is -0.369. The van der Waals surface area contributed by atoms with Gasteiger partial charge in [0.05, 0.1) is 17.5 Å². The van der Waals surface area contributed by atoms with Crippen LogP contribution in [-0.2, 0) is 11.3 Å². The molecule has 1 aromatic carbocycles. The molecule has 0 saturated carbocycles. The second-order valence-electron chi connectivity index (χ2n) is 6.43. The van der Waals surface area contributed by atoms with E-state index in [2.05, 4.69) is 32.4 Å². The van der Waals surface area contributed by atoms with Crippen molar-refractivity contribution in [1.29, 1.82) is 0 Å². The SMILES string of the molecule is C=CCn1c(SCC(=O)Nc2nc(C)cs2)nnc1[C@H](C)NC(=O)c1ccccc1. The van der Waals surface area contributed by atoms with E-state index in [0.717, 1.165) is 5.69 Å². The van der Waals surface area contributed by atoms with Crippen LogP contribution >= 0.6 is 23.1 Å². The van der Waals surface area contributed by atoms with Gasteiger partial charge < -0.3 is 15.2 Å². The molecule has 0 aliphatic carbocycles. The van der Waals surface area contributed by atoms with Crippen molar-refractivity contribution in [1.82, 2.24) is 25.1 Å². The Kier molecular flexibility index (Phi) is 7.36. The Morgan fingerprint density at radius 1 is 1.30 bits per heavy atom. The van der Waals surface area contributed by atoms with Gasteiger partial charge in [0.25, 0.3) is 5.91 Å². The highest BCUT2D eigenvalue weighted by atomic mass is 32.2. The summed E-state index contributed by atoms with van der Waals surface area (Å²) in [5.74, 6) is 0.397. The van der Waals surface area contributed by atoms with Crippen LogP contribution in [-0.4, -0.2) is 37.3 Å². The Morgan fingerprint density at radius 2 is 2.07 bits per heavy atom. The van der Waals surface area contributed by atoms with E-state index in [0.29, 0.717) is 28.2 Å². The first kappa shape index (κ1) is 21.7. The molecule has 3 aromatic rings. The summed E-state index contributed by atoms with van der Waals surface area (Å²) < 4.78 is 1.84. The number of nitrogens with zero attached hydrogens (tertiary/aromatic N) is 4. The number of benzene rings is 1. The molecule has 30 heavy (non-hydrogen) atoms. The fourth-order valence-electron chi connectivity index (χ4n) is 2.66. The van der Waals surface area contributed by atoms with Crippen LogP contribution in [0.4, 0.5) is 5.13 Å². The van der Waals surface area contributed by atoms with Gasteiger partial charge in [-0.2, -0.15) is 0 Å². The summed E-state index contributed by atoms with van der Waals surface area (Å²) in [4.78, 5) is 28.9. The summed E-state index contributed by atoms with van der Waals surface area (Å²) in [5, 5.41) is 17.2. The Hall–Kier alpha value is -2.98. The first-order valence-corrected chi connectivity index (χ1v) is 11.1. The molecule has 0 spiro atoms. The third-order valence-corrected chi connectivity index (χ3v) is 5.87. The van der Waals surface area contributed by atoms with Crippen molar-refractivity contribution in [2.24, 2.45) is 0 Å². The molecule has 3 rings (SSSR count). The van der Waals surface area contributed by atoms with Crippen LogP contribution in [0.25, 0.3) is 0 Å². The Balaban J connectivity index is 1.65. The number of carbonyl (C=O) groups is 2. The molecular weight excluding hydrogens is 420 g/mol. The van der Waals surface area contributed by atoms with Gasteiger partial charge in [-0.15, -0.1) is 28.1 Å². The second-order valence-corrected chi connectivity index (χ2v) is 8.23. The fourth-order valence-corrected chi connectivity index (χ4v) is 4.12. The number of aryl methyl sites for hydroxylation is 1. The number of nitrogens with one attached hydrogen (secondary N) is 2. The van der Waals surface area contributed by atoms with E-state index in [1.807, 2.05) is 42.0 Å². The van der Waals surface area contributed by atoms with E-state index in [1.54, 1.807) is 18.2 Å². The molecule has 0 radical (unpaired) electrons. The molecule has 2 heterocycles. The molecule has 0 aliphatic heterocycles. The van der Waals surface area contributed by atoms with Crippen LogP contribution in [0.3, 0.4) is 0 Å². The summed E-state index contributed by atoms with van der Waals surface area (Å²) in [6.45, 7) is 7.96. The molecule has 0 unspecified atom stereocenters. The second kappa shape index (κ2) is 10.2. The summed E-state index contributed by atoms with van der Waals surface area (Å²) >= 11 is 2.65. The van der Waals surface area contributed by atoms with Gasteiger partial charge in [-0.3, -0.25) is 9.59 Å². The first-order valence-electron chi connectivity index (χ1n) is 9.22. The molecule has 1 atom stereocenters. The third kappa shape index (κ3) is 5.55. The van der Waals surface area contributed by atoms with Crippen molar-refractivity contribution in [2.45, 2.75) is 31.6 Å². The molecule has 2 amide bonds. The zero-order chi connectivity index (χ0) is 21.5. The lowest BCUT2D eigenvalue weighted by atomic mass is 10.2. The lowest BCUT2D eigenvalue weighted by Gasteiger charge is -2.15. The van der Waals surface area contributed by atoms with Crippen LogP contribution in [0, 0.1) is 6.92 Å². The lowest BCUT2D eigenvalue weighted by Crippen LogP contribution is -2.28. The van der Waals surface area contributed by atoms with Crippen LogP contribution in [0.2, 0.25) is 0 Å². The van der Waals surface area contributed by atoms with Gasteiger partial charge in [0.1, 0.15) is 0 Å². The highest BCUT2D eigenvalue weighted by Gasteiger charge is 2.20. The van der Waals surface area contributed by atoms with Crippen molar-refractivity contribution < 1.29 is 9.59 Å². The largest absolute Gasteiger partial charge is 0.342 e. The fraction of sp³-hybridized carbons (Fsp3) is 0.250. The monoisotopic (exact) mass is 442 g/mol. The molecule has 2 N–H and O–H groups in total. The number of thioether (sulfide) groups is 1. The lowest BCUT2D eigenvalue weighted by molar-refractivity contribution is -0.113. The number of amides is 2. The Morgan fingerprint density at radius 3 is 2.73 bits per heavy atom. The van der Waals surface area contributed by atoms with E-state index < -0.39 is 0 Å². The van der Waals surface area contributed by atoms with Gasteiger partial charge in [-0.25, -0.2) is 4.98 Å². The minimum absolute atomic E-state index is 0.165. The van der Waals surface area contributed by atoms with Gasteiger partial charge in [0.15, 0.2) is 16.1 Å². The maximum atomic E-state index is 12.4. The van der Waals surface area contributed by atoms with E-state index >= 15 is 0 Å². The van der Waals surface area contributed by atoms with Crippen molar-refractivity contribution in [3.05, 3.63) is 65.4 Å². The molecule has 10 heteroatoms. The average molecular weight is 443 g/mol. The maximum Gasteiger partial charge on any atom is 0.251 e. The van der Waals surface area contributed by atoms with Crippen molar-refractivity contribution in [3.63, 3.8) is 0 Å². The quantitative estimate of drug-likeness (QED) is 0.389. The van der Waals surface area contributed by atoms with Gasteiger partial charge in [0.2, 0.25) is 5.91 Å². The van der Waals surface area contributed by atoms with Gasteiger partial charge >= 0.3 is 0 Å². The average Bonchev–Trinajstić information content (AvgIpc) is 3.33. The predicted octanol–water partition coefficient (Wildman–Crippen LogP) is 3.45. The molecule has 0 fully saturated rings. The highest BCUT2D eigenvalue weighted by Crippen LogP contribution is 2.22. The van der Waals surface area contributed by atoms with Gasteiger partial charge in [0, 0.05) is 17.5 Å². The normalized spacial score (nSPS) is 11.7. The highest BCUT2D eigenvalue weighted by molar-refractivity contribution is 7.99. The Labute approximate surface area is 182 Å². The van der Waals surface area contributed by atoms with E-state index in [-0.39, 0.29) is 23.6 Å². The predicted molar refractivity (Wildman–Crippen MR) is 119 cm³/mol. The molecule has 0 bridgehead atoms. The topological polar surface area (TPSA) is 102 Å². The minimum Gasteiger partial charge on any atom is -0.342 e. The van der Waals surface area contributed by atoms with Crippen molar-refractivity contribution in [3.8, 4) is 0 Å². The maximum absolute atomic E-state index is 12.4. The van der Waals surface area contributed by atoms with Crippen molar-refractivity contribution in [2.75, 3.05) is 11.1 Å². The zero-order valence-corrected chi connectivity index (χ0v) is 18.3. The summed E-state index contributed by atoms with van der Waals surface area (Å²) in [6, 6.07) is 8.61. The van der Waals surface area contributed by atoms with E-state index in [1.165, 1.54) is 23.1 Å². The van der Waals surface area contributed by atoms with Crippen molar-refractivity contribution >= 4 is 40.0 Å². The zero-order valence-electron chi connectivity index (χ0n) is 16.7. The third-order valence-electron chi connectivity index (χ3n) is 4.03. The van der Waals surface area contributed by atoms with E-state index in [9.17, 15) is 9.59 Å². The van der Waals surface area contributed by atoms with Crippen LogP contribution < -0.4 is 10.6 Å². The number of aromatic nitrogens is 4. The summed E-state index contributed by atoms with van der Waals surface area (Å²) in [6.07, 6.45) is 1.72. The first-order chi connectivity index (χ1) is 14.5. The number of hydrogen-bond acceptors (Lipinski definition) is 7. The molecule has 0 saturated heterocycles. The molecule has 0 aliphatic rings. The summed E-state index contributed by atoms with van der Waals surface area (Å²) in [7, 11) is 0. The van der Waals surface area contributed by atoms with Crippen LogP contribution in [0.5, 0.6) is 0 Å². The summed E-state index contributed by atoms with van der Waals surface area (Å²) in [5.41, 5.74) is 1.44. The van der Waals surface area contributed by atoms with Crippen LogP contribution in [0.15, 0.2) is 53.5 Å². The number of rotatable bonds is 9. The molecule has 156 valence electrons. The molecule has 8 nitrogen and oxygen atoms in total. The Bertz CT molecular complexity index is 1030.